The number of rotatable bonds is 4. The van der Waals surface area contributed by atoms with E-state index in [9.17, 15) is 4.79 Å². The maximum Gasteiger partial charge on any atom is 0.310 e. The highest BCUT2D eigenvalue weighted by Crippen LogP contribution is 2.94. The molecule has 0 spiro atoms. The van der Waals surface area contributed by atoms with E-state index in [1.54, 1.807) is 0 Å². The smallest absolute Gasteiger partial charge is 0.310 e. The van der Waals surface area contributed by atoms with E-state index in [1.807, 2.05) is 12.1 Å². The molecule has 3 aromatic carbocycles. The van der Waals surface area contributed by atoms with Crippen LogP contribution in [0, 0.1) is 11.3 Å². The van der Waals surface area contributed by atoms with Gasteiger partial charge in [0.25, 0.3) is 0 Å². The van der Waals surface area contributed by atoms with Crippen molar-refractivity contribution in [1.82, 2.24) is 0 Å². The Morgan fingerprint density at radius 3 is 1.66 bits per heavy atom. The van der Waals surface area contributed by atoms with Gasteiger partial charge < -0.3 is 4.74 Å². The summed E-state index contributed by atoms with van der Waals surface area (Å²) in [5, 5.41) is 0. The van der Waals surface area contributed by atoms with Crippen molar-refractivity contribution < 1.29 is 9.53 Å². The third kappa shape index (κ3) is 1.90. The summed E-state index contributed by atoms with van der Waals surface area (Å²) in [6.07, 6.45) is 0. The molecule has 0 amide bonds. The topological polar surface area (TPSA) is 26.3 Å². The van der Waals surface area contributed by atoms with Crippen LogP contribution >= 0.6 is 0 Å². The van der Waals surface area contributed by atoms with Gasteiger partial charge >= 0.3 is 5.97 Å². The van der Waals surface area contributed by atoms with Crippen molar-refractivity contribution >= 4 is 5.97 Å². The lowest BCUT2D eigenvalue weighted by Gasteiger charge is -2.50. The van der Waals surface area contributed by atoms with Crippen molar-refractivity contribution in [2.24, 2.45) is 11.3 Å². The Bertz CT molecular complexity index is 1040. The normalized spacial score (nSPS) is 31.3. The monoisotopic (exact) mass is 382 g/mol. The number of ether oxygens (including phenoxy) is 1. The molecule has 4 atom stereocenters. The second-order valence-corrected chi connectivity index (χ2v) is 8.86. The van der Waals surface area contributed by atoms with Gasteiger partial charge in [-0.15, -0.1) is 0 Å². The number of carbonyl (C=O) groups is 1. The Kier molecular flexibility index (Phi) is 3.80. The lowest BCUT2D eigenvalue weighted by Crippen LogP contribution is -2.54. The summed E-state index contributed by atoms with van der Waals surface area (Å²) in [4.78, 5) is 13.2. The van der Waals surface area contributed by atoms with E-state index < -0.39 is 0 Å². The van der Waals surface area contributed by atoms with Crippen LogP contribution in [0.2, 0.25) is 0 Å². The molecule has 0 aromatic heterocycles. The van der Waals surface area contributed by atoms with Gasteiger partial charge in [0.1, 0.15) is 0 Å². The third-order valence-corrected chi connectivity index (χ3v) is 7.87. The minimum Gasteiger partial charge on any atom is -0.469 e. The molecule has 5 rings (SSSR count). The lowest BCUT2D eigenvalue weighted by molar-refractivity contribution is -0.152. The molecule has 0 radical (unpaired) electrons. The summed E-state index contributed by atoms with van der Waals surface area (Å²) in [5.41, 5.74) is 3.23. The number of fused-ring (bicyclic) bond motifs is 1. The molecular formula is C27H26O2. The molecule has 0 saturated heterocycles. The number of hydrogen-bond acceptors (Lipinski definition) is 2. The van der Waals surface area contributed by atoms with Crippen LogP contribution in [0.4, 0.5) is 0 Å². The van der Waals surface area contributed by atoms with Crippen molar-refractivity contribution in [3.63, 3.8) is 0 Å². The Morgan fingerprint density at radius 1 is 0.724 bits per heavy atom. The minimum atomic E-state index is -0.282. The molecule has 29 heavy (non-hydrogen) atoms. The molecule has 0 bridgehead atoms. The van der Waals surface area contributed by atoms with Gasteiger partial charge in [-0.3, -0.25) is 4.79 Å². The number of carbonyl (C=O) groups excluding carboxylic acids is 1. The van der Waals surface area contributed by atoms with Gasteiger partial charge in [0.2, 0.25) is 0 Å². The predicted molar refractivity (Wildman–Crippen MR) is 115 cm³/mol. The van der Waals surface area contributed by atoms with Gasteiger partial charge in [-0.05, 0) is 22.1 Å². The third-order valence-electron chi connectivity index (χ3n) is 7.87. The first-order chi connectivity index (χ1) is 14.0. The van der Waals surface area contributed by atoms with Crippen LogP contribution in [0.3, 0.4) is 0 Å². The average molecular weight is 383 g/mol. The van der Waals surface area contributed by atoms with Gasteiger partial charge in [-0.25, -0.2) is 0 Å². The minimum absolute atomic E-state index is 0.0776. The Labute approximate surface area is 172 Å². The average Bonchev–Trinajstić information content (AvgIpc) is 3.13. The highest BCUT2D eigenvalue weighted by atomic mass is 16.5. The fraction of sp³-hybridized carbons (Fsp3) is 0.296. The molecule has 0 heterocycles. The fourth-order valence-electron chi connectivity index (χ4n) is 7.10. The Balaban J connectivity index is 1.82. The van der Waals surface area contributed by atoms with Crippen LogP contribution in [0.5, 0.6) is 0 Å². The molecule has 0 aliphatic heterocycles. The summed E-state index contributed by atoms with van der Waals surface area (Å²) in [5.74, 6) is -0.249. The van der Waals surface area contributed by atoms with Crippen molar-refractivity contribution in [1.29, 1.82) is 0 Å². The van der Waals surface area contributed by atoms with Crippen LogP contribution in [-0.2, 0) is 20.4 Å². The Hall–Kier alpha value is -2.87. The molecule has 2 heteroatoms. The second-order valence-electron chi connectivity index (χ2n) is 8.86. The summed E-state index contributed by atoms with van der Waals surface area (Å²) in [6.45, 7) is 4.65. The Morgan fingerprint density at radius 2 is 1.17 bits per heavy atom. The van der Waals surface area contributed by atoms with E-state index in [1.165, 1.54) is 23.8 Å². The number of hydrogen-bond donors (Lipinski definition) is 0. The quantitative estimate of drug-likeness (QED) is 0.558. The van der Waals surface area contributed by atoms with Gasteiger partial charge in [0, 0.05) is 16.7 Å². The lowest BCUT2D eigenvalue weighted by atomic mass is 9.51. The van der Waals surface area contributed by atoms with Gasteiger partial charge in [0.05, 0.1) is 13.0 Å². The zero-order valence-electron chi connectivity index (χ0n) is 17.1. The first kappa shape index (κ1) is 18.2. The van der Waals surface area contributed by atoms with Gasteiger partial charge in [-0.2, -0.15) is 0 Å². The van der Waals surface area contributed by atoms with Crippen molar-refractivity contribution in [3.8, 4) is 0 Å². The highest BCUT2D eigenvalue weighted by Gasteiger charge is 2.97. The second kappa shape index (κ2) is 6.06. The SMILES string of the molecule is COC(=O)[C@@H]1[C@H](c2ccccc2)[C@]2(c3ccccc3)C(C)(C)[C@@]12c1ccccc1. The van der Waals surface area contributed by atoms with Crippen molar-refractivity contribution in [2.45, 2.75) is 30.6 Å². The van der Waals surface area contributed by atoms with Crippen molar-refractivity contribution in [2.75, 3.05) is 7.11 Å². The van der Waals surface area contributed by atoms with Gasteiger partial charge in [0.15, 0.2) is 0 Å². The fourth-order valence-corrected chi connectivity index (χ4v) is 7.10. The van der Waals surface area contributed by atoms with Crippen LogP contribution in [-0.4, -0.2) is 13.1 Å². The van der Waals surface area contributed by atoms with E-state index >= 15 is 0 Å². The summed E-state index contributed by atoms with van der Waals surface area (Å²) in [7, 11) is 1.51. The van der Waals surface area contributed by atoms with Gasteiger partial charge in [-0.1, -0.05) is 105 Å². The molecule has 0 unspecified atom stereocenters. The van der Waals surface area contributed by atoms with E-state index in [0.29, 0.717) is 0 Å². The molecule has 3 aromatic rings. The van der Waals surface area contributed by atoms with Crippen molar-refractivity contribution in [3.05, 3.63) is 108 Å². The standard InChI is InChI=1S/C27H26O2/c1-25(2)26(20-15-9-5-10-16-20)22(19-13-7-4-8-14-19)23(24(28)29-3)27(25,26)21-17-11-6-12-18-21/h4-18,22-23H,1-3H3/t22-,23-,26+,27+/m0/s1. The largest absolute Gasteiger partial charge is 0.469 e. The molecule has 2 aliphatic rings. The predicted octanol–water partition coefficient (Wildman–Crippen LogP) is 5.49. The zero-order valence-corrected chi connectivity index (χ0v) is 17.1. The number of esters is 1. The van der Waals surface area contributed by atoms with E-state index in [4.69, 9.17) is 4.74 Å². The van der Waals surface area contributed by atoms with Crippen LogP contribution in [0.1, 0.15) is 36.5 Å². The molecular weight excluding hydrogens is 356 g/mol. The molecule has 2 aliphatic carbocycles. The van der Waals surface area contributed by atoms with E-state index in [-0.39, 0.29) is 34.1 Å². The van der Waals surface area contributed by atoms with Crippen LogP contribution < -0.4 is 0 Å². The molecule has 0 N–H and O–H groups in total. The summed E-state index contributed by atoms with van der Waals surface area (Å²) >= 11 is 0. The summed E-state index contributed by atoms with van der Waals surface area (Å²) < 4.78 is 5.38. The maximum atomic E-state index is 13.2. The van der Waals surface area contributed by atoms with E-state index in [0.717, 1.165) is 0 Å². The first-order valence-electron chi connectivity index (χ1n) is 10.3. The summed E-state index contributed by atoms with van der Waals surface area (Å²) in [6, 6.07) is 31.8. The number of benzene rings is 3. The van der Waals surface area contributed by atoms with Crippen LogP contribution in [0.25, 0.3) is 0 Å². The maximum absolute atomic E-state index is 13.2. The molecule has 146 valence electrons. The highest BCUT2D eigenvalue weighted by molar-refractivity contribution is 5.86. The zero-order chi connectivity index (χ0) is 20.3. The van der Waals surface area contributed by atoms with E-state index in [2.05, 4.69) is 92.7 Å². The molecule has 2 nitrogen and oxygen atoms in total. The first-order valence-corrected chi connectivity index (χ1v) is 10.3. The molecule has 2 saturated carbocycles. The molecule has 2 fully saturated rings. The number of methoxy groups -OCH3 is 1. The van der Waals surface area contributed by atoms with Crippen LogP contribution in [0.15, 0.2) is 91.0 Å².